The van der Waals surface area contributed by atoms with Crippen molar-refractivity contribution in [2.45, 2.75) is 168 Å². The van der Waals surface area contributed by atoms with Gasteiger partial charge in [-0.15, -0.1) is 0 Å². The van der Waals surface area contributed by atoms with Gasteiger partial charge in [-0.25, -0.2) is 0 Å². The fraction of sp³-hybridized carbons (Fsp3) is 0.844. The number of ketones is 2. The van der Waals surface area contributed by atoms with Crippen LogP contribution in [0.3, 0.4) is 0 Å². The third-order valence-electron chi connectivity index (χ3n) is 10.0. The van der Waals surface area contributed by atoms with Crippen molar-refractivity contribution in [1.82, 2.24) is 10.6 Å². The maximum absolute atomic E-state index is 12.4. The molecule has 404 valence electrons. The van der Waals surface area contributed by atoms with Crippen LogP contribution in [-0.2, 0) is 52.5 Å². The molecule has 5 N–H and O–H groups in total. The zero-order valence-corrected chi connectivity index (χ0v) is 45.5. The zero-order valence-electron chi connectivity index (χ0n) is 39.5. The minimum Gasteiger partial charge on any atom is -0.481 e. The van der Waals surface area contributed by atoms with E-state index in [1.54, 1.807) is 6.92 Å². The predicted molar refractivity (Wildman–Crippen MR) is 295 cm³/mol. The molecule has 67 heavy (non-hydrogen) atoms. The summed E-state index contributed by atoms with van der Waals surface area (Å²) in [6.07, 6.45) is 18.8. The van der Waals surface area contributed by atoms with Crippen molar-refractivity contribution in [3.05, 3.63) is 0 Å². The Kier molecular flexibility index (Phi) is 74.8. The van der Waals surface area contributed by atoms with Crippen molar-refractivity contribution in [2.75, 3.05) is 65.9 Å². The first-order valence-corrected chi connectivity index (χ1v) is 22.5. The van der Waals surface area contributed by atoms with Crippen molar-refractivity contribution < 1.29 is 67.8 Å². The van der Waals surface area contributed by atoms with Crippen LogP contribution >= 0.6 is 81.0 Å². The standard InChI is InChI=1S/C44H78N2O14.CH4.6H2S/c1-36(43(53)54)19-16-17-25-45-41(50)35-60-32-29-57-27-18-21-39(48)34-59-31-30-58-28-26-46-40(49)24-23-37(44(55)56)33-38(47)20-14-12-10-8-6-4-2-3-5-7-9-11-13-15-22-42(51)52;;;;;;;/h36-37H,2-35H2,1H3,(H,45,50)(H,46,49)(H,51,52)(H,53,54)(H,55,56);1H4;6*1H2/t36-,37+;;;;;;;/m0......./s1. The fourth-order valence-corrected chi connectivity index (χ4v) is 6.28. The lowest BCUT2D eigenvalue weighted by atomic mass is 9.94. The third-order valence-corrected chi connectivity index (χ3v) is 10.0. The first-order valence-electron chi connectivity index (χ1n) is 22.5. The molecule has 16 nitrogen and oxygen atoms in total. The summed E-state index contributed by atoms with van der Waals surface area (Å²) in [6.45, 7) is 3.81. The third kappa shape index (κ3) is 60.7. The van der Waals surface area contributed by atoms with Gasteiger partial charge in [0.15, 0.2) is 5.78 Å². The number of aliphatic carboxylic acids is 3. The second kappa shape index (κ2) is 60.8. The van der Waals surface area contributed by atoms with Crippen LogP contribution in [0.5, 0.6) is 0 Å². The topological polar surface area (TPSA) is 241 Å². The minimum absolute atomic E-state index is 0. The number of unbranched alkanes of at least 4 members (excludes halogenated alkanes) is 14. The van der Waals surface area contributed by atoms with Gasteiger partial charge in [-0.2, -0.15) is 81.0 Å². The molecule has 0 fully saturated rings. The van der Waals surface area contributed by atoms with E-state index in [1.165, 1.54) is 44.9 Å². The van der Waals surface area contributed by atoms with Crippen LogP contribution in [-0.4, -0.2) is 123 Å². The average molecular weight is 1080 g/mol. The molecule has 0 saturated carbocycles. The molecule has 0 spiro atoms. The number of hydrogen-bond acceptors (Lipinski definition) is 11. The van der Waals surface area contributed by atoms with Crippen molar-refractivity contribution in [3.63, 3.8) is 0 Å². The van der Waals surface area contributed by atoms with E-state index in [9.17, 15) is 38.7 Å². The van der Waals surface area contributed by atoms with Crippen molar-refractivity contribution >= 4 is 122 Å². The molecule has 0 aliphatic carbocycles. The predicted octanol–water partition coefficient (Wildman–Crippen LogP) is 7.60. The Balaban J connectivity index is -0.000000829. The number of hydrogen-bond donors (Lipinski definition) is 5. The molecule has 0 aromatic rings. The molecular weight excluding hydrogens is 985 g/mol. The Morgan fingerprint density at radius 1 is 0.418 bits per heavy atom. The van der Waals surface area contributed by atoms with Gasteiger partial charge >= 0.3 is 17.9 Å². The largest absolute Gasteiger partial charge is 0.481 e. The van der Waals surface area contributed by atoms with Gasteiger partial charge in [-0.3, -0.25) is 33.6 Å². The molecular formula is C45H94N2O14S6. The highest BCUT2D eigenvalue weighted by Gasteiger charge is 2.22. The second-order valence-corrected chi connectivity index (χ2v) is 15.6. The molecule has 0 saturated heterocycles. The van der Waals surface area contributed by atoms with E-state index in [0.29, 0.717) is 51.9 Å². The Bertz CT molecular complexity index is 1200. The van der Waals surface area contributed by atoms with E-state index in [2.05, 4.69) is 10.6 Å². The summed E-state index contributed by atoms with van der Waals surface area (Å²) < 4.78 is 21.4. The lowest BCUT2D eigenvalue weighted by Crippen LogP contribution is -2.29. The SMILES string of the molecule is C.C[C@@H](CCCCNC(=O)COCCOCCCC(=O)COCCOCCNC(=O)CC[C@H](CC(=O)CCCCCCCCCCCCCCCCC(=O)O)C(=O)O)C(=O)O.S.S.S.S.S.S. The summed E-state index contributed by atoms with van der Waals surface area (Å²) in [6, 6.07) is 0. The van der Waals surface area contributed by atoms with E-state index < -0.39 is 29.7 Å². The van der Waals surface area contributed by atoms with Gasteiger partial charge in [0.25, 0.3) is 0 Å². The molecule has 0 heterocycles. The van der Waals surface area contributed by atoms with E-state index in [0.717, 1.165) is 51.4 Å². The molecule has 0 rings (SSSR count). The van der Waals surface area contributed by atoms with E-state index in [1.807, 2.05) is 0 Å². The van der Waals surface area contributed by atoms with E-state index in [4.69, 9.17) is 29.2 Å². The minimum atomic E-state index is -1.07. The van der Waals surface area contributed by atoms with Crippen LogP contribution in [0.25, 0.3) is 0 Å². The lowest BCUT2D eigenvalue weighted by Gasteiger charge is -2.12. The van der Waals surface area contributed by atoms with E-state index in [-0.39, 0.29) is 184 Å². The molecule has 2 amide bonds. The summed E-state index contributed by atoms with van der Waals surface area (Å²) in [5.74, 6) is -4.58. The smallest absolute Gasteiger partial charge is 0.306 e. The van der Waals surface area contributed by atoms with Crippen LogP contribution in [0.15, 0.2) is 0 Å². The average Bonchev–Trinajstić information content (AvgIpc) is 3.20. The highest BCUT2D eigenvalue weighted by Crippen LogP contribution is 2.17. The number of carboxylic acid groups (broad SMARTS) is 3. The number of rotatable bonds is 46. The Hall–Kier alpha value is -1.37. The van der Waals surface area contributed by atoms with Crippen LogP contribution in [0, 0.1) is 11.8 Å². The Morgan fingerprint density at radius 3 is 1.37 bits per heavy atom. The first-order chi connectivity index (χ1) is 28.9. The lowest BCUT2D eigenvalue weighted by molar-refractivity contribution is -0.144. The zero-order chi connectivity index (χ0) is 44.5. The maximum atomic E-state index is 12.4. The van der Waals surface area contributed by atoms with Crippen LogP contribution in [0.2, 0.25) is 0 Å². The summed E-state index contributed by atoms with van der Waals surface area (Å²) in [5.41, 5.74) is 0. The Morgan fingerprint density at radius 2 is 0.866 bits per heavy atom. The quantitative estimate of drug-likeness (QED) is 0.0369. The van der Waals surface area contributed by atoms with Crippen molar-refractivity contribution in [3.8, 4) is 0 Å². The molecule has 0 aromatic carbocycles. The monoisotopic (exact) mass is 1080 g/mol. The first kappa shape index (κ1) is 82.5. The van der Waals surface area contributed by atoms with Gasteiger partial charge in [0, 0.05) is 51.8 Å². The number of amides is 2. The second-order valence-electron chi connectivity index (χ2n) is 15.6. The Labute approximate surface area is 444 Å². The van der Waals surface area contributed by atoms with Gasteiger partial charge in [-0.1, -0.05) is 97.8 Å². The van der Waals surface area contributed by atoms with Crippen LogP contribution < -0.4 is 10.6 Å². The van der Waals surface area contributed by atoms with Gasteiger partial charge in [0.1, 0.15) is 19.0 Å². The molecule has 0 aliphatic rings. The number of ether oxygens (including phenoxy) is 4. The normalized spacial score (nSPS) is 10.9. The maximum Gasteiger partial charge on any atom is 0.306 e. The molecule has 0 aromatic heterocycles. The molecule has 22 heteroatoms. The fourth-order valence-electron chi connectivity index (χ4n) is 6.28. The van der Waals surface area contributed by atoms with Gasteiger partial charge < -0.3 is 44.9 Å². The number of nitrogens with one attached hydrogen (secondary N) is 2. The molecule has 0 aliphatic heterocycles. The molecule has 0 bridgehead atoms. The number of carbonyl (C=O) groups excluding carboxylic acids is 4. The van der Waals surface area contributed by atoms with Gasteiger partial charge in [-0.05, 0) is 38.5 Å². The number of Topliss-reactive ketones (excluding diaryl/α,β-unsaturated/α-hetero) is 2. The highest BCUT2D eigenvalue weighted by molar-refractivity contribution is 7.60. The summed E-state index contributed by atoms with van der Waals surface area (Å²) in [4.78, 5) is 81.4. The van der Waals surface area contributed by atoms with Crippen molar-refractivity contribution in [2.24, 2.45) is 11.8 Å². The summed E-state index contributed by atoms with van der Waals surface area (Å²) >= 11 is 0. The van der Waals surface area contributed by atoms with Crippen molar-refractivity contribution in [1.29, 1.82) is 0 Å². The van der Waals surface area contributed by atoms with E-state index >= 15 is 0 Å². The van der Waals surface area contributed by atoms with Crippen LogP contribution in [0.4, 0.5) is 0 Å². The summed E-state index contributed by atoms with van der Waals surface area (Å²) in [7, 11) is 0. The molecule has 0 unspecified atom stereocenters. The van der Waals surface area contributed by atoms with Gasteiger partial charge in [0.05, 0.1) is 44.9 Å². The number of carbonyl (C=O) groups is 7. The molecule has 0 radical (unpaired) electrons. The van der Waals surface area contributed by atoms with Crippen LogP contribution in [0.1, 0.15) is 168 Å². The summed E-state index contributed by atoms with van der Waals surface area (Å²) in [5, 5.41) is 32.5. The molecule has 2 atom stereocenters. The number of carboxylic acids is 3. The highest BCUT2D eigenvalue weighted by atomic mass is 32.1. The van der Waals surface area contributed by atoms with Gasteiger partial charge in [0.2, 0.25) is 11.8 Å².